The van der Waals surface area contributed by atoms with Crippen molar-refractivity contribution in [3.8, 4) is 11.1 Å². The van der Waals surface area contributed by atoms with E-state index in [1.807, 2.05) is 24.3 Å². The molecule has 0 unspecified atom stereocenters. The van der Waals surface area contributed by atoms with Gasteiger partial charge in [0.2, 0.25) is 0 Å². The van der Waals surface area contributed by atoms with E-state index in [9.17, 15) is 4.79 Å². The normalized spacial score (nSPS) is 10.8. The third kappa shape index (κ3) is 3.60. The van der Waals surface area contributed by atoms with Gasteiger partial charge in [-0.2, -0.15) is 0 Å². The SMILES string of the molecule is CCOC(=O)/C=C/c1ccccc1-c1cccc(C)c1C. The Morgan fingerprint density at radius 1 is 1.05 bits per heavy atom. The van der Waals surface area contributed by atoms with Crippen LogP contribution in [0.15, 0.2) is 48.5 Å². The predicted octanol–water partition coefficient (Wildman–Crippen LogP) is 4.55. The Labute approximate surface area is 126 Å². The van der Waals surface area contributed by atoms with Gasteiger partial charge in [-0.15, -0.1) is 0 Å². The molecule has 21 heavy (non-hydrogen) atoms. The van der Waals surface area contributed by atoms with Gasteiger partial charge in [-0.3, -0.25) is 0 Å². The van der Waals surface area contributed by atoms with E-state index in [1.54, 1.807) is 6.92 Å². The van der Waals surface area contributed by atoms with Crippen molar-refractivity contribution in [3.63, 3.8) is 0 Å². The highest BCUT2D eigenvalue weighted by Gasteiger charge is 2.07. The summed E-state index contributed by atoms with van der Waals surface area (Å²) in [5.41, 5.74) is 5.85. The first-order valence-electron chi connectivity index (χ1n) is 7.14. The average Bonchev–Trinajstić information content (AvgIpc) is 2.49. The van der Waals surface area contributed by atoms with Gasteiger partial charge in [0, 0.05) is 6.08 Å². The maximum atomic E-state index is 11.5. The average molecular weight is 280 g/mol. The van der Waals surface area contributed by atoms with Crippen molar-refractivity contribution in [2.45, 2.75) is 20.8 Å². The quantitative estimate of drug-likeness (QED) is 0.607. The van der Waals surface area contributed by atoms with Crippen LogP contribution < -0.4 is 0 Å². The van der Waals surface area contributed by atoms with Crippen LogP contribution in [-0.2, 0) is 9.53 Å². The molecule has 2 aromatic carbocycles. The molecule has 0 heterocycles. The van der Waals surface area contributed by atoms with Crippen LogP contribution in [0.25, 0.3) is 17.2 Å². The number of carbonyl (C=O) groups excluding carboxylic acids is 1. The van der Waals surface area contributed by atoms with Crippen molar-refractivity contribution in [1.29, 1.82) is 0 Å². The van der Waals surface area contributed by atoms with Crippen LogP contribution in [0.5, 0.6) is 0 Å². The van der Waals surface area contributed by atoms with Crippen LogP contribution >= 0.6 is 0 Å². The number of carbonyl (C=O) groups is 1. The molecule has 0 aliphatic carbocycles. The molecule has 0 aromatic heterocycles. The molecule has 0 saturated heterocycles. The first-order valence-corrected chi connectivity index (χ1v) is 7.14. The molecule has 0 bridgehead atoms. The standard InChI is InChI=1S/C19H20O2/c1-4-21-19(20)13-12-16-9-5-6-10-18(16)17-11-7-8-14(2)15(17)3/h5-13H,4H2,1-3H3/b13-12+. The molecule has 0 aliphatic rings. The fraction of sp³-hybridized carbons (Fsp3) is 0.211. The number of benzene rings is 2. The summed E-state index contributed by atoms with van der Waals surface area (Å²) in [6.07, 6.45) is 3.29. The van der Waals surface area contributed by atoms with Crippen LogP contribution in [0.1, 0.15) is 23.6 Å². The van der Waals surface area contributed by atoms with E-state index < -0.39 is 0 Å². The second-order valence-corrected chi connectivity index (χ2v) is 4.92. The Hall–Kier alpha value is -2.35. The molecule has 0 N–H and O–H groups in total. The highest BCUT2D eigenvalue weighted by Crippen LogP contribution is 2.29. The van der Waals surface area contributed by atoms with Gasteiger partial charge in [0.05, 0.1) is 6.61 Å². The Morgan fingerprint density at radius 2 is 1.76 bits per heavy atom. The Bertz CT molecular complexity index is 669. The summed E-state index contributed by atoms with van der Waals surface area (Å²) in [6.45, 7) is 6.42. The Balaban J connectivity index is 2.42. The number of hydrogen-bond acceptors (Lipinski definition) is 2. The number of esters is 1. The third-order valence-corrected chi connectivity index (χ3v) is 3.54. The van der Waals surface area contributed by atoms with E-state index in [1.165, 1.54) is 22.8 Å². The van der Waals surface area contributed by atoms with E-state index in [-0.39, 0.29) is 5.97 Å². The van der Waals surface area contributed by atoms with E-state index in [4.69, 9.17) is 4.74 Å². The van der Waals surface area contributed by atoms with Crippen molar-refractivity contribution < 1.29 is 9.53 Å². The second kappa shape index (κ2) is 6.89. The van der Waals surface area contributed by atoms with Gasteiger partial charge in [-0.05, 0) is 54.7 Å². The smallest absolute Gasteiger partial charge is 0.330 e. The Morgan fingerprint density at radius 3 is 2.52 bits per heavy atom. The summed E-state index contributed by atoms with van der Waals surface area (Å²) in [7, 11) is 0. The fourth-order valence-corrected chi connectivity index (χ4v) is 2.28. The minimum Gasteiger partial charge on any atom is -0.463 e. The Kier molecular flexibility index (Phi) is 4.94. The molecule has 2 nitrogen and oxygen atoms in total. The third-order valence-electron chi connectivity index (χ3n) is 3.54. The summed E-state index contributed by atoms with van der Waals surface area (Å²) in [4.78, 5) is 11.5. The lowest BCUT2D eigenvalue weighted by Gasteiger charge is -2.11. The number of aryl methyl sites for hydroxylation is 1. The predicted molar refractivity (Wildman–Crippen MR) is 87.0 cm³/mol. The van der Waals surface area contributed by atoms with E-state index in [0.29, 0.717) is 6.61 Å². The zero-order valence-electron chi connectivity index (χ0n) is 12.7. The molecule has 0 atom stereocenters. The number of ether oxygens (including phenoxy) is 1. The maximum absolute atomic E-state index is 11.5. The van der Waals surface area contributed by atoms with Gasteiger partial charge in [-0.25, -0.2) is 4.79 Å². The molecule has 0 aliphatic heterocycles. The van der Waals surface area contributed by atoms with Crippen LogP contribution in [0.3, 0.4) is 0 Å². The van der Waals surface area contributed by atoms with Gasteiger partial charge < -0.3 is 4.74 Å². The topological polar surface area (TPSA) is 26.3 Å². The zero-order valence-corrected chi connectivity index (χ0v) is 12.7. The van der Waals surface area contributed by atoms with Crippen LogP contribution in [-0.4, -0.2) is 12.6 Å². The number of hydrogen-bond donors (Lipinski definition) is 0. The van der Waals surface area contributed by atoms with Crippen molar-refractivity contribution in [3.05, 3.63) is 65.2 Å². The first-order chi connectivity index (χ1) is 10.1. The molecular weight excluding hydrogens is 260 g/mol. The van der Waals surface area contributed by atoms with Crippen LogP contribution in [0, 0.1) is 13.8 Å². The monoisotopic (exact) mass is 280 g/mol. The highest BCUT2D eigenvalue weighted by molar-refractivity contribution is 5.89. The van der Waals surface area contributed by atoms with Gasteiger partial charge in [0.1, 0.15) is 0 Å². The van der Waals surface area contributed by atoms with Gasteiger partial charge in [-0.1, -0.05) is 42.5 Å². The summed E-state index contributed by atoms with van der Waals surface area (Å²) < 4.78 is 4.93. The molecule has 0 saturated carbocycles. The molecule has 0 fully saturated rings. The van der Waals surface area contributed by atoms with Gasteiger partial charge in [0.15, 0.2) is 0 Å². The minimum atomic E-state index is -0.312. The summed E-state index contributed by atoms with van der Waals surface area (Å²) in [6, 6.07) is 14.3. The van der Waals surface area contributed by atoms with Crippen molar-refractivity contribution in [2.24, 2.45) is 0 Å². The van der Waals surface area contributed by atoms with Crippen LogP contribution in [0.4, 0.5) is 0 Å². The summed E-state index contributed by atoms with van der Waals surface area (Å²) in [5.74, 6) is -0.312. The molecule has 0 spiro atoms. The van der Waals surface area contributed by atoms with Gasteiger partial charge in [0.25, 0.3) is 0 Å². The molecule has 0 amide bonds. The minimum absolute atomic E-state index is 0.312. The largest absolute Gasteiger partial charge is 0.463 e. The van der Waals surface area contributed by atoms with E-state index in [2.05, 4.69) is 38.1 Å². The van der Waals surface area contributed by atoms with Crippen molar-refractivity contribution in [2.75, 3.05) is 6.61 Å². The highest BCUT2D eigenvalue weighted by atomic mass is 16.5. The lowest BCUT2D eigenvalue weighted by atomic mass is 9.93. The summed E-state index contributed by atoms with van der Waals surface area (Å²) in [5, 5.41) is 0. The molecule has 0 radical (unpaired) electrons. The van der Waals surface area contributed by atoms with Gasteiger partial charge >= 0.3 is 5.97 Å². The summed E-state index contributed by atoms with van der Waals surface area (Å²) >= 11 is 0. The molecule has 2 heteroatoms. The lowest BCUT2D eigenvalue weighted by Crippen LogP contribution is -1.98. The molecule has 2 rings (SSSR count). The van der Waals surface area contributed by atoms with E-state index >= 15 is 0 Å². The fourth-order valence-electron chi connectivity index (χ4n) is 2.28. The van der Waals surface area contributed by atoms with E-state index in [0.717, 1.165) is 11.1 Å². The zero-order chi connectivity index (χ0) is 15.2. The van der Waals surface area contributed by atoms with Crippen molar-refractivity contribution in [1.82, 2.24) is 0 Å². The van der Waals surface area contributed by atoms with Crippen molar-refractivity contribution >= 4 is 12.0 Å². The van der Waals surface area contributed by atoms with Crippen LogP contribution in [0.2, 0.25) is 0 Å². The first kappa shape index (κ1) is 15.0. The molecule has 108 valence electrons. The lowest BCUT2D eigenvalue weighted by molar-refractivity contribution is -0.137. The number of rotatable bonds is 4. The maximum Gasteiger partial charge on any atom is 0.330 e. The second-order valence-electron chi connectivity index (χ2n) is 4.92. The molecular formula is C19H20O2. The molecule has 2 aromatic rings.